The molecule has 0 amide bonds. The van der Waals surface area contributed by atoms with Gasteiger partial charge in [-0.2, -0.15) is 0 Å². The summed E-state index contributed by atoms with van der Waals surface area (Å²) < 4.78 is 0. The number of rotatable bonds is 1. The first-order chi connectivity index (χ1) is 11.7. The molecule has 3 nitrogen and oxygen atoms in total. The Labute approximate surface area is 137 Å². The van der Waals surface area contributed by atoms with Gasteiger partial charge in [-0.1, -0.05) is 54.6 Å². The van der Waals surface area contributed by atoms with E-state index in [0.29, 0.717) is 5.56 Å². The van der Waals surface area contributed by atoms with Crippen LogP contribution in [0.5, 0.6) is 0 Å². The van der Waals surface area contributed by atoms with Crippen molar-refractivity contribution in [2.75, 3.05) is 0 Å². The fraction of sp³-hybridized carbons (Fsp3) is 0. The lowest BCUT2D eigenvalue weighted by atomic mass is 9.97. The average Bonchev–Trinajstić information content (AvgIpc) is 2.99. The molecule has 0 aliphatic heterocycles. The maximum absolute atomic E-state index is 11.5. The number of H-pyrrole nitrogens is 1. The Balaban J connectivity index is 1.99. The number of aromatic nitrogens is 1. The number of carbonyl (C=O) groups is 1. The first-order valence-electron chi connectivity index (χ1n) is 7.82. The molecular weight excluding hydrogens is 298 g/mol. The van der Waals surface area contributed by atoms with Gasteiger partial charge in [0.15, 0.2) is 0 Å². The third-order valence-corrected chi connectivity index (χ3v) is 4.77. The third kappa shape index (κ3) is 1.64. The Hall–Kier alpha value is -3.33. The van der Waals surface area contributed by atoms with E-state index in [1.165, 1.54) is 10.8 Å². The molecule has 0 fully saturated rings. The van der Waals surface area contributed by atoms with E-state index in [9.17, 15) is 9.90 Å². The highest BCUT2D eigenvalue weighted by Crippen LogP contribution is 2.35. The fourth-order valence-corrected chi connectivity index (χ4v) is 3.68. The lowest BCUT2D eigenvalue weighted by molar-refractivity contribution is 0.0699. The molecule has 1 aromatic heterocycles. The van der Waals surface area contributed by atoms with Crippen LogP contribution in [-0.4, -0.2) is 16.1 Å². The molecule has 0 spiro atoms. The minimum Gasteiger partial charge on any atom is -0.478 e. The highest BCUT2D eigenvalue weighted by Gasteiger charge is 2.12. The lowest BCUT2D eigenvalue weighted by Gasteiger charge is -2.07. The number of fused-ring (bicyclic) bond motifs is 7. The third-order valence-electron chi connectivity index (χ3n) is 4.77. The number of aromatic carboxylic acids is 1. The Morgan fingerprint density at radius 3 is 2.12 bits per heavy atom. The summed E-state index contributed by atoms with van der Waals surface area (Å²) in [6.07, 6.45) is 0. The molecule has 0 atom stereocenters. The smallest absolute Gasteiger partial charge is 0.336 e. The van der Waals surface area contributed by atoms with Crippen molar-refractivity contribution < 1.29 is 9.90 Å². The molecule has 1 heterocycles. The summed E-state index contributed by atoms with van der Waals surface area (Å²) in [6.45, 7) is 0. The van der Waals surface area contributed by atoms with Crippen LogP contribution >= 0.6 is 0 Å². The van der Waals surface area contributed by atoms with Gasteiger partial charge in [0, 0.05) is 21.7 Å². The maximum Gasteiger partial charge on any atom is 0.336 e. The summed E-state index contributed by atoms with van der Waals surface area (Å²) >= 11 is 0. The monoisotopic (exact) mass is 311 g/mol. The normalized spacial score (nSPS) is 11.7. The highest BCUT2D eigenvalue weighted by atomic mass is 16.4. The predicted octanol–water partition coefficient (Wildman–Crippen LogP) is 5.33. The molecule has 5 rings (SSSR count). The summed E-state index contributed by atoms with van der Waals surface area (Å²) in [6, 6.07) is 21.8. The van der Waals surface area contributed by atoms with Gasteiger partial charge in [0.1, 0.15) is 0 Å². The van der Waals surface area contributed by atoms with Crippen LogP contribution in [-0.2, 0) is 0 Å². The maximum atomic E-state index is 11.5. The van der Waals surface area contributed by atoms with Crippen LogP contribution in [0.2, 0.25) is 0 Å². The number of hydrogen-bond acceptors (Lipinski definition) is 1. The van der Waals surface area contributed by atoms with Crippen molar-refractivity contribution in [3.05, 3.63) is 72.3 Å². The number of carboxylic acids is 1. The molecule has 0 aliphatic rings. The minimum absolute atomic E-state index is 0.339. The molecule has 5 aromatic rings. The van der Waals surface area contributed by atoms with Crippen LogP contribution in [0.3, 0.4) is 0 Å². The van der Waals surface area contributed by atoms with Gasteiger partial charge in [-0.3, -0.25) is 0 Å². The Morgan fingerprint density at radius 1 is 0.667 bits per heavy atom. The number of hydrogen-bond donors (Lipinski definition) is 2. The van der Waals surface area contributed by atoms with Crippen molar-refractivity contribution in [3.8, 4) is 0 Å². The molecule has 2 N–H and O–H groups in total. The molecule has 0 radical (unpaired) electrons. The summed E-state index contributed by atoms with van der Waals surface area (Å²) in [4.78, 5) is 15.0. The second-order valence-electron chi connectivity index (χ2n) is 6.03. The highest BCUT2D eigenvalue weighted by molar-refractivity contribution is 6.23. The van der Waals surface area contributed by atoms with Crippen molar-refractivity contribution >= 4 is 49.3 Å². The summed E-state index contributed by atoms with van der Waals surface area (Å²) in [5.74, 6) is -0.897. The number of carboxylic acid groups (broad SMARTS) is 1. The molecule has 0 unspecified atom stereocenters. The van der Waals surface area contributed by atoms with E-state index < -0.39 is 5.97 Å². The molecule has 114 valence electrons. The van der Waals surface area contributed by atoms with Crippen LogP contribution in [0.25, 0.3) is 43.4 Å². The van der Waals surface area contributed by atoms with Crippen molar-refractivity contribution in [3.63, 3.8) is 0 Å². The number of benzene rings is 4. The van der Waals surface area contributed by atoms with E-state index in [4.69, 9.17) is 0 Å². The van der Waals surface area contributed by atoms with E-state index in [1.54, 1.807) is 12.1 Å². The topological polar surface area (TPSA) is 53.1 Å². The van der Waals surface area contributed by atoms with Crippen molar-refractivity contribution in [1.82, 2.24) is 4.98 Å². The molecular formula is C21H13NO2. The molecule has 0 saturated carbocycles. The largest absolute Gasteiger partial charge is 0.478 e. The minimum atomic E-state index is -0.897. The van der Waals surface area contributed by atoms with E-state index in [0.717, 1.165) is 32.6 Å². The first-order valence-corrected chi connectivity index (χ1v) is 7.82. The predicted molar refractivity (Wildman–Crippen MR) is 97.8 cm³/mol. The Morgan fingerprint density at radius 2 is 1.29 bits per heavy atom. The zero-order chi connectivity index (χ0) is 16.3. The van der Waals surface area contributed by atoms with E-state index >= 15 is 0 Å². The Kier molecular flexibility index (Phi) is 2.51. The van der Waals surface area contributed by atoms with Gasteiger partial charge in [-0.25, -0.2) is 4.79 Å². The van der Waals surface area contributed by atoms with Gasteiger partial charge in [-0.05, 0) is 28.3 Å². The van der Waals surface area contributed by atoms with Gasteiger partial charge in [-0.15, -0.1) is 0 Å². The zero-order valence-corrected chi connectivity index (χ0v) is 12.7. The van der Waals surface area contributed by atoms with E-state index in [-0.39, 0.29) is 0 Å². The molecule has 0 bridgehead atoms. The summed E-state index contributed by atoms with van der Waals surface area (Å²) in [5, 5.41) is 15.7. The summed E-state index contributed by atoms with van der Waals surface area (Å²) in [7, 11) is 0. The van der Waals surface area contributed by atoms with Crippen LogP contribution < -0.4 is 0 Å². The first kappa shape index (κ1) is 13.1. The molecule has 24 heavy (non-hydrogen) atoms. The summed E-state index contributed by atoms with van der Waals surface area (Å²) in [5.41, 5.74) is 2.54. The second-order valence-corrected chi connectivity index (χ2v) is 6.03. The average molecular weight is 311 g/mol. The molecule has 3 heteroatoms. The molecule has 4 aromatic carbocycles. The molecule has 0 saturated heterocycles. The van der Waals surface area contributed by atoms with Gasteiger partial charge >= 0.3 is 5.97 Å². The van der Waals surface area contributed by atoms with Gasteiger partial charge in [0.25, 0.3) is 0 Å². The fourth-order valence-electron chi connectivity index (χ4n) is 3.68. The standard InChI is InChI=1S/C21H13NO2/c23-21(24)18-6-3-5-12-13-8-11-17-15-4-1-2-7-19(15)22-20(17)16(13)10-9-14(12)18/h1-11,22H,(H,23,24). The van der Waals surface area contributed by atoms with Crippen molar-refractivity contribution in [1.29, 1.82) is 0 Å². The second kappa shape index (κ2) is 4.59. The molecule has 0 aliphatic carbocycles. The number of aromatic amines is 1. The van der Waals surface area contributed by atoms with Gasteiger partial charge in [0.2, 0.25) is 0 Å². The lowest BCUT2D eigenvalue weighted by Crippen LogP contribution is -1.97. The van der Waals surface area contributed by atoms with Gasteiger partial charge in [0.05, 0.1) is 11.1 Å². The van der Waals surface area contributed by atoms with Crippen LogP contribution in [0.1, 0.15) is 10.4 Å². The Bertz CT molecular complexity index is 1280. The van der Waals surface area contributed by atoms with Crippen LogP contribution in [0.15, 0.2) is 66.7 Å². The van der Waals surface area contributed by atoms with E-state index in [2.05, 4.69) is 29.2 Å². The zero-order valence-electron chi connectivity index (χ0n) is 12.7. The number of nitrogens with one attached hydrogen (secondary N) is 1. The number of para-hydroxylation sites is 1. The van der Waals surface area contributed by atoms with Crippen molar-refractivity contribution in [2.45, 2.75) is 0 Å². The SMILES string of the molecule is O=C(O)c1cccc2c1ccc1c2ccc2c3ccccc3[nH]c21. The van der Waals surface area contributed by atoms with Crippen molar-refractivity contribution in [2.24, 2.45) is 0 Å². The quantitative estimate of drug-likeness (QED) is 0.411. The van der Waals surface area contributed by atoms with Crippen LogP contribution in [0.4, 0.5) is 0 Å². The van der Waals surface area contributed by atoms with Crippen LogP contribution in [0, 0.1) is 0 Å². The van der Waals surface area contributed by atoms with E-state index in [1.807, 2.05) is 30.3 Å². The van der Waals surface area contributed by atoms with Gasteiger partial charge < -0.3 is 10.1 Å².